The first kappa shape index (κ1) is 24.8. The van der Waals surface area contributed by atoms with E-state index in [1.165, 1.54) is 19.4 Å². The zero-order chi connectivity index (χ0) is 27.7. The van der Waals surface area contributed by atoms with Crippen molar-refractivity contribution in [3.05, 3.63) is 58.5 Å². The third-order valence-corrected chi connectivity index (χ3v) is 10.3. The fourth-order valence-corrected chi connectivity index (χ4v) is 8.33. The Labute approximate surface area is 233 Å². The van der Waals surface area contributed by atoms with E-state index in [2.05, 4.69) is 29.5 Å². The van der Waals surface area contributed by atoms with Gasteiger partial charge < -0.3 is 9.64 Å². The molecule has 0 amide bonds. The number of hydrogen-bond acceptors (Lipinski definition) is 6. The van der Waals surface area contributed by atoms with Gasteiger partial charge in [0.1, 0.15) is 11.6 Å². The molecule has 0 N–H and O–H groups in total. The van der Waals surface area contributed by atoms with E-state index in [1.807, 2.05) is 18.2 Å². The molecular formula is C28H27ClF4N6O. The van der Waals surface area contributed by atoms with E-state index in [4.69, 9.17) is 16.3 Å². The minimum Gasteiger partial charge on any atom is -0.493 e. The van der Waals surface area contributed by atoms with E-state index in [1.54, 1.807) is 0 Å². The van der Waals surface area contributed by atoms with Gasteiger partial charge in [0.15, 0.2) is 17.4 Å². The first-order chi connectivity index (χ1) is 19.0. The molecule has 4 heterocycles. The molecule has 4 saturated carbocycles. The predicted molar refractivity (Wildman–Crippen MR) is 138 cm³/mol. The highest BCUT2D eigenvalue weighted by molar-refractivity contribution is 6.30. The van der Waals surface area contributed by atoms with Gasteiger partial charge in [0.2, 0.25) is 0 Å². The number of nitrogens with zero attached hydrogens (tertiary/aromatic N) is 6. The molecule has 0 radical (unpaired) electrons. The number of anilines is 1. The van der Waals surface area contributed by atoms with Crippen molar-refractivity contribution < 1.29 is 22.3 Å². The van der Waals surface area contributed by atoms with Crippen molar-refractivity contribution in [3.8, 4) is 11.4 Å². The fourth-order valence-electron chi connectivity index (χ4n) is 8.14. The van der Waals surface area contributed by atoms with Gasteiger partial charge in [-0.2, -0.15) is 13.2 Å². The molecule has 2 aromatic heterocycles. The number of alkyl halides is 3. The molecule has 0 atom stereocenters. The summed E-state index contributed by atoms with van der Waals surface area (Å²) in [5.41, 5.74) is 0.114. The smallest absolute Gasteiger partial charge is 0.394 e. The average molecular weight is 575 g/mol. The molecule has 1 spiro atoms. The molecule has 2 bridgehead atoms. The summed E-state index contributed by atoms with van der Waals surface area (Å²) in [4.78, 5) is 8.53. The second-order valence-corrected chi connectivity index (χ2v) is 13.0. The summed E-state index contributed by atoms with van der Waals surface area (Å²) >= 11 is 6.38. The van der Waals surface area contributed by atoms with Crippen molar-refractivity contribution >= 4 is 17.4 Å². The van der Waals surface area contributed by atoms with Crippen LogP contribution in [0.15, 0.2) is 30.5 Å². The zero-order valence-corrected chi connectivity index (χ0v) is 22.6. The largest absolute Gasteiger partial charge is 0.493 e. The van der Waals surface area contributed by atoms with E-state index in [-0.39, 0.29) is 30.6 Å². The molecule has 210 valence electrons. The van der Waals surface area contributed by atoms with E-state index >= 15 is 0 Å². The second kappa shape index (κ2) is 7.88. The monoisotopic (exact) mass is 574 g/mol. The van der Waals surface area contributed by atoms with Crippen LogP contribution in [0.3, 0.4) is 0 Å². The third-order valence-electron chi connectivity index (χ3n) is 10.1. The molecule has 5 fully saturated rings. The van der Waals surface area contributed by atoms with Gasteiger partial charge >= 0.3 is 6.18 Å². The first-order valence-electron chi connectivity index (χ1n) is 13.5. The molecule has 1 aromatic carbocycles. The summed E-state index contributed by atoms with van der Waals surface area (Å²) in [5.74, 6) is 2.52. The summed E-state index contributed by atoms with van der Waals surface area (Å²) in [6.07, 6.45) is -0.613. The van der Waals surface area contributed by atoms with Crippen LogP contribution >= 0.6 is 11.6 Å². The van der Waals surface area contributed by atoms with Gasteiger partial charge in [-0.05, 0) is 55.9 Å². The summed E-state index contributed by atoms with van der Waals surface area (Å²) in [6.45, 7) is 2.60. The molecule has 1 saturated heterocycles. The summed E-state index contributed by atoms with van der Waals surface area (Å²) in [6, 6.07) is 7.09. The van der Waals surface area contributed by atoms with Gasteiger partial charge in [-0.25, -0.2) is 9.37 Å². The van der Waals surface area contributed by atoms with Crippen LogP contribution in [0, 0.1) is 16.6 Å². The lowest BCUT2D eigenvalue weighted by Gasteiger charge is -2.73. The van der Waals surface area contributed by atoms with Gasteiger partial charge in [0, 0.05) is 47.6 Å². The Morgan fingerprint density at radius 3 is 2.50 bits per heavy atom. The molecule has 3 aromatic rings. The van der Waals surface area contributed by atoms with Gasteiger partial charge in [-0.1, -0.05) is 11.6 Å². The Hall–Kier alpha value is -2.92. The van der Waals surface area contributed by atoms with Crippen molar-refractivity contribution in [1.82, 2.24) is 24.6 Å². The highest BCUT2D eigenvalue weighted by Crippen LogP contribution is 2.75. The van der Waals surface area contributed by atoms with Crippen molar-refractivity contribution in [3.63, 3.8) is 0 Å². The Bertz CT molecular complexity index is 1520. The maximum atomic E-state index is 13.6. The predicted octanol–water partition coefficient (Wildman–Crippen LogP) is 5.65. The number of hydrogen-bond donors (Lipinski definition) is 0. The SMILES string of the molecule is COc1cc(F)cnc1N1CC2(CC(c3nnc4n3-c3ccc(Cl)cc3CN(C35CC(C(F)(F)F)(C3)C5)C4)C2)C1. The van der Waals surface area contributed by atoms with Crippen LogP contribution in [0.25, 0.3) is 5.69 Å². The molecular weight excluding hydrogens is 548 g/mol. The molecule has 4 aliphatic carbocycles. The second-order valence-electron chi connectivity index (χ2n) is 12.6. The number of benzene rings is 1. The Balaban J connectivity index is 1.04. The van der Waals surface area contributed by atoms with Gasteiger partial charge in [0.25, 0.3) is 0 Å². The normalized spacial score (nSPS) is 28.5. The van der Waals surface area contributed by atoms with E-state index in [0.717, 1.165) is 48.8 Å². The van der Waals surface area contributed by atoms with Crippen LogP contribution in [0.5, 0.6) is 5.75 Å². The number of ether oxygens (including phenoxy) is 1. The Kier molecular flexibility index (Phi) is 4.89. The highest BCUT2D eigenvalue weighted by Gasteiger charge is 2.80. The average Bonchev–Trinajstić information content (AvgIpc) is 3.10. The van der Waals surface area contributed by atoms with Gasteiger partial charge in [-0.15, -0.1) is 10.2 Å². The van der Waals surface area contributed by atoms with Crippen LogP contribution in [-0.2, 0) is 13.1 Å². The Morgan fingerprint density at radius 2 is 1.80 bits per heavy atom. The van der Waals surface area contributed by atoms with E-state index in [9.17, 15) is 17.6 Å². The molecule has 7 nitrogen and oxygen atoms in total. The number of pyridine rings is 1. The maximum Gasteiger partial charge on any atom is 0.394 e. The van der Waals surface area contributed by atoms with Gasteiger partial charge in [-0.3, -0.25) is 9.47 Å². The summed E-state index contributed by atoms with van der Waals surface area (Å²) in [5, 5.41) is 9.81. The van der Waals surface area contributed by atoms with E-state index < -0.39 is 22.9 Å². The lowest BCUT2D eigenvalue weighted by atomic mass is 9.38. The van der Waals surface area contributed by atoms with Crippen LogP contribution in [0.4, 0.5) is 23.4 Å². The van der Waals surface area contributed by atoms with Crippen molar-refractivity contribution in [2.24, 2.45) is 10.8 Å². The number of rotatable bonds is 4. The topological polar surface area (TPSA) is 59.3 Å². The van der Waals surface area contributed by atoms with Crippen molar-refractivity contribution in [2.75, 3.05) is 25.1 Å². The van der Waals surface area contributed by atoms with Crippen LogP contribution in [0.2, 0.25) is 5.02 Å². The molecule has 40 heavy (non-hydrogen) atoms. The van der Waals surface area contributed by atoms with Gasteiger partial charge in [0.05, 0.1) is 31.0 Å². The minimum atomic E-state index is -4.15. The molecule has 6 aliphatic rings. The third kappa shape index (κ3) is 3.30. The Morgan fingerprint density at radius 1 is 1.05 bits per heavy atom. The fraction of sp³-hybridized carbons (Fsp3) is 0.536. The van der Waals surface area contributed by atoms with E-state index in [0.29, 0.717) is 29.7 Å². The minimum absolute atomic E-state index is 0.134. The lowest BCUT2D eigenvalue weighted by molar-refractivity contribution is -0.364. The number of fused-ring (bicyclic) bond motifs is 3. The summed E-state index contributed by atoms with van der Waals surface area (Å²) in [7, 11) is 1.51. The number of methoxy groups -OCH3 is 1. The van der Waals surface area contributed by atoms with Crippen molar-refractivity contribution in [1.29, 1.82) is 0 Å². The van der Waals surface area contributed by atoms with Crippen LogP contribution in [-0.4, -0.2) is 56.6 Å². The van der Waals surface area contributed by atoms with Crippen LogP contribution < -0.4 is 9.64 Å². The number of halogens is 5. The molecule has 2 aliphatic heterocycles. The first-order valence-corrected chi connectivity index (χ1v) is 13.9. The van der Waals surface area contributed by atoms with Crippen LogP contribution in [0.1, 0.15) is 55.2 Å². The molecule has 9 rings (SSSR count). The highest BCUT2D eigenvalue weighted by atomic mass is 35.5. The lowest BCUT2D eigenvalue weighted by Crippen LogP contribution is -2.78. The summed E-state index contributed by atoms with van der Waals surface area (Å²) < 4.78 is 61.8. The maximum absolute atomic E-state index is 13.6. The zero-order valence-electron chi connectivity index (χ0n) is 21.8. The standard InChI is InChI=1S/C28H27ClF4N6O/c1-40-21-5-19(30)8-34-24(21)37-14-25(15-37)6-17(7-25)23-36-35-22-10-38(27-11-26(12-27,13-27)28(31,32)33)9-16-4-18(29)2-3-20(16)39(22)23/h2-5,8,17H,6-7,9-15H2,1H3. The quantitative estimate of drug-likeness (QED) is 0.376. The van der Waals surface area contributed by atoms with Crippen molar-refractivity contribution in [2.45, 2.75) is 62.8 Å². The number of aromatic nitrogens is 4. The molecule has 0 unspecified atom stereocenters. The molecule has 12 heteroatoms.